The first-order valence-electron chi connectivity index (χ1n) is 11.2. The molecule has 2 N–H and O–H groups in total. The van der Waals surface area contributed by atoms with E-state index in [4.69, 9.17) is 9.47 Å². The van der Waals surface area contributed by atoms with Gasteiger partial charge in [-0.1, -0.05) is 12.1 Å². The van der Waals surface area contributed by atoms with Crippen molar-refractivity contribution < 1.29 is 19.4 Å². The standard InChI is InChI=1S/C27H30N2O4/c1-17-11-20(12-25(32-3)18(17)2)14-29-27(31)23-13-21(26-22(15-30)5-4-10-28-26)8-9-24(23)33-16-19-6-7-19/h4-5,8-13,19,30H,6-7,14-16H2,1-3H3,(H,29,31). The predicted molar refractivity (Wildman–Crippen MR) is 127 cm³/mol. The molecule has 33 heavy (non-hydrogen) atoms. The summed E-state index contributed by atoms with van der Waals surface area (Å²) >= 11 is 0. The lowest BCUT2D eigenvalue weighted by Crippen LogP contribution is -2.24. The maximum atomic E-state index is 13.3. The van der Waals surface area contributed by atoms with Gasteiger partial charge in [0.05, 0.1) is 31.6 Å². The molecule has 1 heterocycles. The van der Waals surface area contributed by atoms with E-state index in [1.807, 2.05) is 38.1 Å². The number of nitrogens with zero attached hydrogens (tertiary/aromatic N) is 1. The Kier molecular flexibility index (Phi) is 6.94. The highest BCUT2D eigenvalue weighted by Crippen LogP contribution is 2.32. The van der Waals surface area contributed by atoms with Crippen molar-refractivity contribution >= 4 is 5.91 Å². The van der Waals surface area contributed by atoms with Gasteiger partial charge in [0.25, 0.3) is 5.91 Å². The van der Waals surface area contributed by atoms with Crippen molar-refractivity contribution in [1.29, 1.82) is 0 Å². The summed E-state index contributed by atoms with van der Waals surface area (Å²) < 4.78 is 11.5. The van der Waals surface area contributed by atoms with E-state index in [2.05, 4.69) is 16.4 Å². The second-order valence-electron chi connectivity index (χ2n) is 8.56. The molecule has 0 radical (unpaired) electrons. The van der Waals surface area contributed by atoms with E-state index in [0.29, 0.717) is 41.6 Å². The molecule has 2 aromatic carbocycles. The van der Waals surface area contributed by atoms with Crippen LogP contribution in [0.25, 0.3) is 11.3 Å². The second kappa shape index (κ2) is 10.0. The van der Waals surface area contributed by atoms with Crippen LogP contribution in [0.3, 0.4) is 0 Å². The summed E-state index contributed by atoms with van der Waals surface area (Å²) in [7, 11) is 1.65. The summed E-state index contributed by atoms with van der Waals surface area (Å²) in [4.78, 5) is 17.7. The van der Waals surface area contributed by atoms with Gasteiger partial charge < -0.3 is 19.9 Å². The smallest absolute Gasteiger partial charge is 0.255 e. The van der Waals surface area contributed by atoms with Crippen LogP contribution in [-0.4, -0.2) is 29.7 Å². The van der Waals surface area contributed by atoms with Crippen molar-refractivity contribution in [2.75, 3.05) is 13.7 Å². The van der Waals surface area contributed by atoms with Crippen LogP contribution in [0.1, 0.15) is 45.5 Å². The lowest BCUT2D eigenvalue weighted by molar-refractivity contribution is 0.0946. The van der Waals surface area contributed by atoms with E-state index in [1.54, 1.807) is 25.4 Å². The van der Waals surface area contributed by atoms with Gasteiger partial charge in [0.1, 0.15) is 11.5 Å². The summed E-state index contributed by atoms with van der Waals surface area (Å²) in [6.45, 7) is 4.90. The number of ether oxygens (including phenoxy) is 2. The summed E-state index contributed by atoms with van der Waals surface area (Å²) in [5, 5.41) is 12.7. The SMILES string of the molecule is COc1cc(CNC(=O)c2cc(-c3ncccc3CO)ccc2OCC2CC2)cc(C)c1C. The average molecular weight is 447 g/mol. The summed E-state index contributed by atoms with van der Waals surface area (Å²) in [6, 6.07) is 13.1. The zero-order chi connectivity index (χ0) is 23.4. The van der Waals surface area contributed by atoms with E-state index in [0.717, 1.165) is 28.0 Å². The fourth-order valence-corrected chi connectivity index (χ4v) is 3.79. The summed E-state index contributed by atoms with van der Waals surface area (Å²) in [6.07, 6.45) is 4.02. The number of carbonyl (C=O) groups is 1. The van der Waals surface area contributed by atoms with Gasteiger partial charge in [0.2, 0.25) is 0 Å². The zero-order valence-corrected chi connectivity index (χ0v) is 19.4. The molecule has 1 fully saturated rings. The Hall–Kier alpha value is -3.38. The lowest BCUT2D eigenvalue weighted by Gasteiger charge is -2.15. The molecule has 1 aliphatic rings. The van der Waals surface area contributed by atoms with Gasteiger partial charge in [-0.05, 0) is 79.6 Å². The quantitative estimate of drug-likeness (QED) is 0.503. The monoisotopic (exact) mass is 446 g/mol. The molecule has 1 aliphatic carbocycles. The fraction of sp³-hybridized carbons (Fsp3) is 0.333. The number of nitrogens with one attached hydrogen (secondary N) is 1. The number of aromatic nitrogens is 1. The van der Waals surface area contributed by atoms with Gasteiger partial charge in [0, 0.05) is 23.9 Å². The van der Waals surface area contributed by atoms with Crippen molar-refractivity contribution in [3.8, 4) is 22.8 Å². The number of aliphatic hydroxyl groups excluding tert-OH is 1. The highest BCUT2D eigenvalue weighted by Gasteiger charge is 2.23. The summed E-state index contributed by atoms with van der Waals surface area (Å²) in [5.41, 5.74) is 5.74. The summed E-state index contributed by atoms with van der Waals surface area (Å²) in [5.74, 6) is 1.71. The first-order chi connectivity index (χ1) is 16.0. The molecule has 172 valence electrons. The van der Waals surface area contributed by atoms with Crippen LogP contribution in [-0.2, 0) is 13.2 Å². The second-order valence-corrected chi connectivity index (χ2v) is 8.56. The first-order valence-corrected chi connectivity index (χ1v) is 11.2. The number of pyridine rings is 1. The van der Waals surface area contributed by atoms with Gasteiger partial charge in [0.15, 0.2) is 0 Å². The van der Waals surface area contributed by atoms with Crippen LogP contribution in [0.5, 0.6) is 11.5 Å². The Morgan fingerprint density at radius 3 is 2.70 bits per heavy atom. The Bertz CT molecular complexity index is 1150. The molecule has 4 rings (SSSR count). The van der Waals surface area contributed by atoms with Crippen molar-refractivity contribution in [1.82, 2.24) is 10.3 Å². The van der Waals surface area contributed by atoms with Crippen molar-refractivity contribution in [2.45, 2.75) is 39.8 Å². The molecule has 6 heteroatoms. The molecule has 1 amide bonds. The largest absolute Gasteiger partial charge is 0.496 e. The van der Waals surface area contributed by atoms with Gasteiger partial charge >= 0.3 is 0 Å². The molecule has 0 spiro atoms. The van der Waals surface area contributed by atoms with Crippen LogP contribution in [0, 0.1) is 19.8 Å². The van der Waals surface area contributed by atoms with Crippen LogP contribution >= 0.6 is 0 Å². The van der Waals surface area contributed by atoms with Crippen LogP contribution in [0.2, 0.25) is 0 Å². The Labute approximate surface area is 194 Å². The Morgan fingerprint density at radius 2 is 1.97 bits per heavy atom. The van der Waals surface area contributed by atoms with Gasteiger partial charge in [-0.2, -0.15) is 0 Å². The van der Waals surface area contributed by atoms with Gasteiger partial charge in [-0.15, -0.1) is 0 Å². The number of carbonyl (C=O) groups excluding carboxylic acids is 1. The average Bonchev–Trinajstić information content (AvgIpc) is 3.67. The highest BCUT2D eigenvalue weighted by molar-refractivity contribution is 5.98. The molecule has 0 atom stereocenters. The number of aliphatic hydroxyl groups is 1. The number of aryl methyl sites for hydroxylation is 1. The van der Waals surface area contributed by atoms with Crippen LogP contribution in [0.15, 0.2) is 48.7 Å². The number of hydrogen-bond acceptors (Lipinski definition) is 5. The molecule has 1 aromatic heterocycles. The fourth-order valence-electron chi connectivity index (χ4n) is 3.79. The normalized spacial score (nSPS) is 13.0. The van der Waals surface area contributed by atoms with Gasteiger partial charge in [-0.3, -0.25) is 9.78 Å². The number of hydrogen-bond donors (Lipinski definition) is 2. The first kappa shape index (κ1) is 22.8. The number of benzene rings is 2. The number of methoxy groups -OCH3 is 1. The third-order valence-electron chi connectivity index (χ3n) is 6.08. The Balaban J connectivity index is 1.60. The van der Waals surface area contributed by atoms with Gasteiger partial charge in [-0.25, -0.2) is 0 Å². The van der Waals surface area contributed by atoms with Crippen LogP contribution < -0.4 is 14.8 Å². The van der Waals surface area contributed by atoms with E-state index < -0.39 is 0 Å². The molecule has 3 aromatic rings. The zero-order valence-electron chi connectivity index (χ0n) is 19.4. The molecule has 0 saturated heterocycles. The minimum absolute atomic E-state index is 0.126. The molecule has 6 nitrogen and oxygen atoms in total. The van der Waals surface area contributed by atoms with Crippen molar-refractivity contribution in [3.05, 3.63) is 76.5 Å². The minimum atomic E-state index is -0.221. The number of rotatable bonds is 9. The van der Waals surface area contributed by atoms with E-state index in [1.165, 1.54) is 12.8 Å². The molecular weight excluding hydrogens is 416 g/mol. The Morgan fingerprint density at radius 1 is 1.15 bits per heavy atom. The molecule has 1 saturated carbocycles. The topological polar surface area (TPSA) is 80.7 Å². The minimum Gasteiger partial charge on any atom is -0.496 e. The van der Waals surface area contributed by atoms with E-state index in [-0.39, 0.29) is 12.5 Å². The molecule has 0 unspecified atom stereocenters. The predicted octanol–water partition coefficient (Wildman–Crippen LogP) is 4.59. The van der Waals surface area contributed by atoms with E-state index in [9.17, 15) is 9.90 Å². The van der Waals surface area contributed by atoms with Crippen molar-refractivity contribution in [3.63, 3.8) is 0 Å². The molecule has 0 bridgehead atoms. The van der Waals surface area contributed by atoms with Crippen molar-refractivity contribution in [2.24, 2.45) is 5.92 Å². The third-order valence-corrected chi connectivity index (χ3v) is 6.08. The highest BCUT2D eigenvalue weighted by atomic mass is 16.5. The maximum absolute atomic E-state index is 13.3. The maximum Gasteiger partial charge on any atom is 0.255 e. The number of amides is 1. The van der Waals surface area contributed by atoms with E-state index >= 15 is 0 Å². The lowest BCUT2D eigenvalue weighted by atomic mass is 10.0. The molecular formula is C27H30N2O4. The third kappa shape index (κ3) is 5.34. The van der Waals surface area contributed by atoms with Crippen LogP contribution in [0.4, 0.5) is 0 Å². The molecule has 0 aliphatic heterocycles.